The Morgan fingerprint density at radius 1 is 1.35 bits per heavy atom. The second kappa shape index (κ2) is 7.17. The normalized spacial score (nSPS) is 38.0. The van der Waals surface area contributed by atoms with E-state index in [0.29, 0.717) is 5.92 Å². The number of nitrogens with two attached hydrogens (primary N) is 1. The fraction of sp³-hybridized carbons (Fsp3) is 0.938. The van der Waals surface area contributed by atoms with Crippen molar-refractivity contribution in [3.05, 3.63) is 0 Å². The van der Waals surface area contributed by atoms with E-state index < -0.39 is 5.54 Å². The van der Waals surface area contributed by atoms with Gasteiger partial charge in [0.2, 0.25) is 5.91 Å². The lowest BCUT2D eigenvalue weighted by atomic mass is 9.84. The molecule has 3 nitrogen and oxygen atoms in total. The van der Waals surface area contributed by atoms with Gasteiger partial charge >= 0.3 is 0 Å². The van der Waals surface area contributed by atoms with Gasteiger partial charge in [0.15, 0.2) is 0 Å². The lowest BCUT2D eigenvalue weighted by molar-refractivity contribution is -0.125. The van der Waals surface area contributed by atoms with Crippen LogP contribution in [0.15, 0.2) is 0 Å². The molecule has 0 aromatic carbocycles. The van der Waals surface area contributed by atoms with E-state index in [-0.39, 0.29) is 5.91 Å². The molecule has 0 saturated heterocycles. The molecular formula is C16H30N2OS. The van der Waals surface area contributed by atoms with Crippen LogP contribution < -0.4 is 11.1 Å². The van der Waals surface area contributed by atoms with E-state index in [9.17, 15) is 4.79 Å². The zero-order valence-corrected chi connectivity index (χ0v) is 13.8. The molecule has 1 amide bonds. The summed E-state index contributed by atoms with van der Waals surface area (Å²) in [6, 6.07) is 0. The molecule has 2 aliphatic carbocycles. The molecule has 3 N–H and O–H groups in total. The molecule has 0 bridgehead atoms. The number of rotatable bonds is 6. The average Bonchev–Trinajstić information content (AvgIpc) is 2.83. The summed E-state index contributed by atoms with van der Waals surface area (Å²) in [7, 11) is 1.89. The van der Waals surface area contributed by atoms with Crippen molar-refractivity contribution in [2.45, 2.75) is 69.1 Å². The summed E-state index contributed by atoms with van der Waals surface area (Å²) in [6.45, 7) is 2.38. The van der Waals surface area contributed by atoms with Crippen LogP contribution in [0.1, 0.15) is 58.3 Å². The van der Waals surface area contributed by atoms with Crippen LogP contribution in [0.5, 0.6) is 0 Å². The third kappa shape index (κ3) is 3.51. The standard InChI is InChI=1S/C16H30N2OS/c1-12-5-3-7-14(11-12)20-10-8-13-6-4-9-16(13,18-2)15(17)19/h12-14,18H,3-11H2,1-2H3,(H2,17,19). The van der Waals surface area contributed by atoms with Crippen molar-refractivity contribution >= 4 is 17.7 Å². The van der Waals surface area contributed by atoms with E-state index >= 15 is 0 Å². The van der Waals surface area contributed by atoms with Gasteiger partial charge in [0.25, 0.3) is 0 Å². The summed E-state index contributed by atoms with van der Waals surface area (Å²) in [5.41, 5.74) is 5.23. The Hall–Kier alpha value is -0.220. The summed E-state index contributed by atoms with van der Waals surface area (Å²) in [4.78, 5) is 11.8. The molecule has 20 heavy (non-hydrogen) atoms. The zero-order valence-electron chi connectivity index (χ0n) is 13.0. The van der Waals surface area contributed by atoms with Gasteiger partial charge in [-0.2, -0.15) is 11.8 Å². The van der Waals surface area contributed by atoms with E-state index in [0.717, 1.165) is 36.9 Å². The van der Waals surface area contributed by atoms with Crippen molar-refractivity contribution < 1.29 is 4.79 Å². The number of primary amides is 1. The monoisotopic (exact) mass is 298 g/mol. The van der Waals surface area contributed by atoms with E-state index in [4.69, 9.17) is 5.73 Å². The first kappa shape index (κ1) is 16.2. The lowest BCUT2D eigenvalue weighted by Gasteiger charge is -2.33. The highest BCUT2D eigenvalue weighted by molar-refractivity contribution is 7.99. The Balaban J connectivity index is 1.79. The number of carbonyl (C=O) groups is 1. The van der Waals surface area contributed by atoms with Crippen molar-refractivity contribution in [2.24, 2.45) is 17.6 Å². The molecule has 4 heteroatoms. The molecule has 2 rings (SSSR count). The first-order chi connectivity index (χ1) is 9.58. The van der Waals surface area contributed by atoms with Gasteiger partial charge in [-0.1, -0.05) is 26.2 Å². The molecule has 2 saturated carbocycles. The highest BCUT2D eigenvalue weighted by Gasteiger charge is 2.46. The Bertz CT molecular complexity index is 336. The third-order valence-electron chi connectivity index (χ3n) is 5.41. The molecule has 2 fully saturated rings. The predicted octanol–water partition coefficient (Wildman–Crippen LogP) is 2.93. The fourth-order valence-electron chi connectivity index (χ4n) is 4.15. The minimum atomic E-state index is -0.430. The second-order valence-electron chi connectivity index (χ2n) is 6.73. The van der Waals surface area contributed by atoms with Crippen LogP contribution in [0.25, 0.3) is 0 Å². The number of hydrogen-bond acceptors (Lipinski definition) is 3. The summed E-state index contributed by atoms with van der Waals surface area (Å²) < 4.78 is 0. The number of hydrogen-bond donors (Lipinski definition) is 2. The summed E-state index contributed by atoms with van der Waals surface area (Å²) >= 11 is 2.13. The first-order valence-corrected chi connectivity index (χ1v) is 9.24. The lowest BCUT2D eigenvalue weighted by Crippen LogP contribution is -2.56. The Morgan fingerprint density at radius 2 is 2.15 bits per heavy atom. The molecule has 4 atom stereocenters. The van der Waals surface area contributed by atoms with Gasteiger partial charge < -0.3 is 11.1 Å². The zero-order chi connectivity index (χ0) is 14.6. The second-order valence-corrected chi connectivity index (χ2v) is 8.14. The average molecular weight is 298 g/mol. The largest absolute Gasteiger partial charge is 0.368 e. The van der Waals surface area contributed by atoms with Gasteiger partial charge in [-0.3, -0.25) is 4.79 Å². The van der Waals surface area contributed by atoms with Gasteiger partial charge in [-0.15, -0.1) is 0 Å². The molecule has 0 aliphatic heterocycles. The smallest absolute Gasteiger partial charge is 0.238 e. The fourth-order valence-corrected chi connectivity index (χ4v) is 5.70. The SMILES string of the molecule is CNC1(C(N)=O)CCCC1CCSC1CCCC(C)C1. The molecule has 116 valence electrons. The van der Waals surface area contributed by atoms with Gasteiger partial charge in [0.1, 0.15) is 5.54 Å². The highest BCUT2D eigenvalue weighted by Crippen LogP contribution is 2.39. The molecule has 0 aromatic rings. The van der Waals surface area contributed by atoms with Crippen LogP contribution in [-0.4, -0.2) is 29.5 Å². The topological polar surface area (TPSA) is 55.1 Å². The Labute approximate surface area is 127 Å². The van der Waals surface area contributed by atoms with Crippen molar-refractivity contribution in [1.29, 1.82) is 0 Å². The van der Waals surface area contributed by atoms with Gasteiger partial charge in [-0.05, 0) is 56.7 Å². The van der Waals surface area contributed by atoms with Crippen LogP contribution in [0, 0.1) is 11.8 Å². The minimum absolute atomic E-state index is 0.154. The number of thioether (sulfide) groups is 1. The number of carbonyl (C=O) groups excluding carboxylic acids is 1. The summed E-state index contributed by atoms with van der Waals surface area (Å²) in [5.74, 6) is 2.35. The maximum atomic E-state index is 11.8. The van der Waals surface area contributed by atoms with Crippen LogP contribution >= 0.6 is 11.8 Å². The predicted molar refractivity (Wildman–Crippen MR) is 86.8 cm³/mol. The molecule has 0 radical (unpaired) electrons. The minimum Gasteiger partial charge on any atom is -0.368 e. The van der Waals surface area contributed by atoms with Gasteiger partial charge in [0.05, 0.1) is 0 Å². The van der Waals surface area contributed by atoms with E-state index in [1.54, 1.807) is 0 Å². The quantitative estimate of drug-likeness (QED) is 0.792. The molecule has 0 spiro atoms. The Morgan fingerprint density at radius 3 is 2.80 bits per heavy atom. The number of likely N-dealkylation sites (N-methyl/N-ethyl adjacent to an activating group) is 1. The molecule has 2 aliphatic rings. The molecule has 0 aromatic heterocycles. The van der Waals surface area contributed by atoms with E-state index in [1.165, 1.54) is 31.4 Å². The van der Waals surface area contributed by atoms with Crippen molar-refractivity contribution in [2.75, 3.05) is 12.8 Å². The highest BCUT2D eigenvalue weighted by atomic mass is 32.2. The van der Waals surface area contributed by atoms with Crippen molar-refractivity contribution in [1.82, 2.24) is 5.32 Å². The molecular weight excluding hydrogens is 268 g/mol. The van der Waals surface area contributed by atoms with Gasteiger partial charge in [-0.25, -0.2) is 0 Å². The number of nitrogens with one attached hydrogen (secondary N) is 1. The van der Waals surface area contributed by atoms with Crippen LogP contribution in [0.4, 0.5) is 0 Å². The molecule has 4 unspecified atom stereocenters. The van der Waals surface area contributed by atoms with Gasteiger partial charge in [0, 0.05) is 5.25 Å². The Kier molecular flexibility index (Phi) is 5.79. The van der Waals surface area contributed by atoms with E-state index in [1.807, 2.05) is 7.05 Å². The van der Waals surface area contributed by atoms with E-state index in [2.05, 4.69) is 24.0 Å². The van der Waals surface area contributed by atoms with Crippen LogP contribution in [0.2, 0.25) is 0 Å². The summed E-state index contributed by atoms with van der Waals surface area (Å²) in [5, 5.41) is 4.08. The van der Waals surface area contributed by atoms with Crippen LogP contribution in [0.3, 0.4) is 0 Å². The van der Waals surface area contributed by atoms with Crippen LogP contribution in [-0.2, 0) is 4.79 Å². The van der Waals surface area contributed by atoms with Crippen molar-refractivity contribution in [3.63, 3.8) is 0 Å². The third-order valence-corrected chi connectivity index (χ3v) is 6.79. The van der Waals surface area contributed by atoms with Crippen molar-refractivity contribution in [3.8, 4) is 0 Å². The maximum absolute atomic E-state index is 11.8. The summed E-state index contributed by atoms with van der Waals surface area (Å²) in [6.07, 6.45) is 9.86. The number of amides is 1. The maximum Gasteiger partial charge on any atom is 0.238 e. The molecule has 0 heterocycles. The first-order valence-electron chi connectivity index (χ1n) is 8.19.